The van der Waals surface area contributed by atoms with Crippen molar-refractivity contribution in [3.05, 3.63) is 47.5 Å². The van der Waals surface area contributed by atoms with Gasteiger partial charge in [-0.2, -0.15) is 0 Å². The van der Waals surface area contributed by atoms with Crippen molar-refractivity contribution in [2.45, 2.75) is 18.8 Å². The van der Waals surface area contributed by atoms with Crippen LogP contribution in [0.4, 0.5) is 0 Å². The third-order valence-corrected chi connectivity index (χ3v) is 2.65. The maximum absolute atomic E-state index is 8.69. The SMILES string of the molecule is OC/C=C/C1CCc2ccccc21. The largest absolute Gasteiger partial charge is 0.392 e. The van der Waals surface area contributed by atoms with E-state index in [0.717, 1.165) is 0 Å². The van der Waals surface area contributed by atoms with Gasteiger partial charge < -0.3 is 5.11 Å². The van der Waals surface area contributed by atoms with E-state index in [4.69, 9.17) is 5.11 Å². The first kappa shape index (κ1) is 8.52. The average molecular weight is 174 g/mol. The summed E-state index contributed by atoms with van der Waals surface area (Å²) in [6.45, 7) is 0.151. The number of fused-ring (bicyclic) bond motifs is 1. The van der Waals surface area contributed by atoms with Gasteiger partial charge in [-0.1, -0.05) is 36.4 Å². The molecule has 68 valence electrons. The third-order valence-electron chi connectivity index (χ3n) is 2.65. The van der Waals surface area contributed by atoms with Crippen molar-refractivity contribution < 1.29 is 5.11 Å². The Morgan fingerprint density at radius 1 is 1.38 bits per heavy atom. The number of hydrogen-bond donors (Lipinski definition) is 1. The van der Waals surface area contributed by atoms with Crippen molar-refractivity contribution >= 4 is 0 Å². The Morgan fingerprint density at radius 3 is 3.08 bits per heavy atom. The van der Waals surface area contributed by atoms with E-state index in [1.807, 2.05) is 6.08 Å². The van der Waals surface area contributed by atoms with Crippen LogP contribution >= 0.6 is 0 Å². The molecule has 1 aliphatic rings. The average Bonchev–Trinajstić information content (AvgIpc) is 2.58. The van der Waals surface area contributed by atoms with Gasteiger partial charge in [-0.15, -0.1) is 0 Å². The first-order valence-corrected chi connectivity index (χ1v) is 4.77. The number of hydrogen-bond acceptors (Lipinski definition) is 1. The van der Waals surface area contributed by atoms with Crippen molar-refractivity contribution in [2.24, 2.45) is 0 Å². The van der Waals surface area contributed by atoms with Crippen LogP contribution in [0.25, 0.3) is 0 Å². The van der Waals surface area contributed by atoms with Gasteiger partial charge in [0, 0.05) is 5.92 Å². The van der Waals surface area contributed by atoms with Crippen molar-refractivity contribution in [3.63, 3.8) is 0 Å². The minimum atomic E-state index is 0.151. The van der Waals surface area contributed by atoms with Crippen LogP contribution in [0, 0.1) is 0 Å². The van der Waals surface area contributed by atoms with Crippen molar-refractivity contribution in [2.75, 3.05) is 6.61 Å². The monoisotopic (exact) mass is 174 g/mol. The minimum absolute atomic E-state index is 0.151. The van der Waals surface area contributed by atoms with Crippen LogP contribution in [-0.2, 0) is 6.42 Å². The lowest BCUT2D eigenvalue weighted by Gasteiger charge is -2.04. The molecule has 1 nitrogen and oxygen atoms in total. The van der Waals surface area contributed by atoms with Gasteiger partial charge in [-0.25, -0.2) is 0 Å². The van der Waals surface area contributed by atoms with Gasteiger partial charge in [-0.3, -0.25) is 0 Å². The van der Waals surface area contributed by atoms with E-state index in [1.54, 1.807) is 0 Å². The molecule has 0 spiro atoms. The van der Waals surface area contributed by atoms with Gasteiger partial charge >= 0.3 is 0 Å². The molecule has 0 aromatic heterocycles. The van der Waals surface area contributed by atoms with Gasteiger partial charge in [0.1, 0.15) is 0 Å². The Labute approximate surface area is 78.7 Å². The summed E-state index contributed by atoms with van der Waals surface area (Å²) in [6, 6.07) is 8.57. The molecule has 0 saturated carbocycles. The second kappa shape index (κ2) is 3.75. The number of aryl methyl sites for hydroxylation is 1. The molecular weight excluding hydrogens is 160 g/mol. The second-order valence-electron chi connectivity index (χ2n) is 3.45. The van der Waals surface area contributed by atoms with E-state index in [-0.39, 0.29) is 6.61 Å². The Bertz CT molecular complexity index is 315. The third kappa shape index (κ3) is 1.65. The summed E-state index contributed by atoms with van der Waals surface area (Å²) in [6.07, 6.45) is 6.32. The molecule has 0 aliphatic heterocycles. The number of aliphatic hydroxyl groups excluding tert-OH is 1. The molecule has 0 fully saturated rings. The molecule has 1 atom stereocenters. The van der Waals surface area contributed by atoms with Crippen LogP contribution in [0.1, 0.15) is 23.5 Å². The molecule has 1 N–H and O–H groups in total. The molecule has 2 rings (SSSR count). The van der Waals surface area contributed by atoms with Crippen LogP contribution in [-0.4, -0.2) is 11.7 Å². The van der Waals surface area contributed by atoms with Gasteiger partial charge in [0.15, 0.2) is 0 Å². The lowest BCUT2D eigenvalue weighted by molar-refractivity contribution is 0.342. The Balaban J connectivity index is 2.23. The Hall–Kier alpha value is -1.08. The van der Waals surface area contributed by atoms with E-state index in [2.05, 4.69) is 30.3 Å². The first-order chi connectivity index (χ1) is 6.42. The van der Waals surface area contributed by atoms with Crippen LogP contribution in [0.15, 0.2) is 36.4 Å². The van der Waals surface area contributed by atoms with E-state index < -0.39 is 0 Å². The summed E-state index contributed by atoms with van der Waals surface area (Å²) in [5.74, 6) is 0.531. The predicted octanol–water partition coefficient (Wildman–Crippen LogP) is 2.26. The van der Waals surface area contributed by atoms with Crippen molar-refractivity contribution in [3.8, 4) is 0 Å². The van der Waals surface area contributed by atoms with E-state index in [0.29, 0.717) is 5.92 Å². The van der Waals surface area contributed by atoms with Crippen molar-refractivity contribution in [1.82, 2.24) is 0 Å². The highest BCUT2D eigenvalue weighted by molar-refractivity contribution is 5.37. The summed E-state index contributed by atoms with van der Waals surface area (Å²) in [4.78, 5) is 0. The molecule has 1 aliphatic carbocycles. The second-order valence-corrected chi connectivity index (χ2v) is 3.45. The summed E-state index contributed by atoms with van der Waals surface area (Å²) in [5, 5.41) is 8.69. The molecule has 1 aromatic carbocycles. The zero-order chi connectivity index (χ0) is 9.10. The van der Waals surface area contributed by atoms with E-state index >= 15 is 0 Å². The quantitative estimate of drug-likeness (QED) is 0.682. The molecule has 0 bridgehead atoms. The fourth-order valence-electron chi connectivity index (χ4n) is 2.02. The molecule has 0 radical (unpaired) electrons. The maximum Gasteiger partial charge on any atom is 0.0612 e. The molecule has 13 heavy (non-hydrogen) atoms. The molecule has 1 aromatic rings. The van der Waals surface area contributed by atoms with Crippen LogP contribution in [0.3, 0.4) is 0 Å². The fraction of sp³-hybridized carbons (Fsp3) is 0.333. The lowest BCUT2D eigenvalue weighted by Crippen LogP contribution is -1.88. The highest BCUT2D eigenvalue weighted by Gasteiger charge is 2.18. The molecule has 0 heterocycles. The molecule has 1 heteroatoms. The van der Waals surface area contributed by atoms with Crippen LogP contribution in [0.5, 0.6) is 0 Å². The molecule has 0 amide bonds. The van der Waals surface area contributed by atoms with E-state index in [1.165, 1.54) is 24.0 Å². The molecular formula is C12H14O. The number of rotatable bonds is 2. The number of aliphatic hydroxyl groups is 1. The van der Waals surface area contributed by atoms with E-state index in [9.17, 15) is 0 Å². The van der Waals surface area contributed by atoms with Crippen LogP contribution in [0.2, 0.25) is 0 Å². The Morgan fingerprint density at radius 2 is 2.23 bits per heavy atom. The molecule has 0 saturated heterocycles. The Kier molecular flexibility index (Phi) is 2.46. The standard InChI is InChI=1S/C12H14O/c13-9-3-5-11-8-7-10-4-1-2-6-12(10)11/h1-6,11,13H,7-9H2/b5-3+. The summed E-state index contributed by atoms with van der Waals surface area (Å²) < 4.78 is 0. The van der Waals surface area contributed by atoms with Gasteiger partial charge in [-0.05, 0) is 24.0 Å². The predicted molar refractivity (Wildman–Crippen MR) is 53.7 cm³/mol. The van der Waals surface area contributed by atoms with Gasteiger partial charge in [0.2, 0.25) is 0 Å². The normalized spacial score (nSPS) is 20.8. The highest BCUT2D eigenvalue weighted by atomic mass is 16.2. The zero-order valence-electron chi connectivity index (χ0n) is 7.61. The minimum Gasteiger partial charge on any atom is -0.392 e. The summed E-state index contributed by atoms with van der Waals surface area (Å²) in [7, 11) is 0. The fourth-order valence-corrected chi connectivity index (χ4v) is 2.02. The van der Waals surface area contributed by atoms with Crippen LogP contribution < -0.4 is 0 Å². The number of benzene rings is 1. The summed E-state index contributed by atoms with van der Waals surface area (Å²) >= 11 is 0. The first-order valence-electron chi connectivity index (χ1n) is 4.77. The summed E-state index contributed by atoms with van der Waals surface area (Å²) in [5.41, 5.74) is 2.90. The van der Waals surface area contributed by atoms with Gasteiger partial charge in [0.25, 0.3) is 0 Å². The maximum atomic E-state index is 8.69. The highest BCUT2D eigenvalue weighted by Crippen LogP contribution is 2.33. The number of allylic oxidation sites excluding steroid dienone is 1. The lowest BCUT2D eigenvalue weighted by atomic mass is 10.0. The van der Waals surface area contributed by atoms with Crippen molar-refractivity contribution in [1.29, 1.82) is 0 Å². The smallest absolute Gasteiger partial charge is 0.0612 e. The van der Waals surface area contributed by atoms with Gasteiger partial charge in [0.05, 0.1) is 6.61 Å². The topological polar surface area (TPSA) is 20.2 Å². The molecule has 1 unspecified atom stereocenters. The zero-order valence-corrected chi connectivity index (χ0v) is 7.61.